The molecule has 0 saturated carbocycles. The third kappa shape index (κ3) is 3.88. The second kappa shape index (κ2) is 8.32. The smallest absolute Gasteiger partial charge is 0.205 e. The first-order valence-corrected chi connectivity index (χ1v) is 10.2. The highest BCUT2D eigenvalue weighted by molar-refractivity contribution is 6.31. The van der Waals surface area contributed by atoms with Gasteiger partial charge < -0.3 is 4.57 Å². The van der Waals surface area contributed by atoms with Gasteiger partial charge in [-0.3, -0.25) is 4.98 Å². The van der Waals surface area contributed by atoms with Gasteiger partial charge in [0.1, 0.15) is 11.5 Å². The van der Waals surface area contributed by atoms with Crippen LogP contribution >= 0.6 is 11.6 Å². The minimum Gasteiger partial charge on any atom is -0.325 e. The number of halogens is 2. The number of hydrogen-bond acceptors (Lipinski definition) is 5. The zero-order valence-electron chi connectivity index (χ0n) is 17.0. The molecule has 0 spiro atoms. The molecule has 158 valence electrons. The Morgan fingerprint density at radius 3 is 2.53 bits per heavy atom. The molecule has 32 heavy (non-hydrogen) atoms. The van der Waals surface area contributed by atoms with Crippen molar-refractivity contribution in [3.63, 3.8) is 0 Å². The Hall–Kier alpha value is -3.91. The topological polar surface area (TPSA) is 74.3 Å². The fourth-order valence-corrected chi connectivity index (χ4v) is 3.70. The molecule has 0 bridgehead atoms. The van der Waals surface area contributed by atoms with E-state index in [1.165, 1.54) is 16.9 Å². The number of imidazole rings is 1. The normalized spacial score (nSPS) is 11.1. The summed E-state index contributed by atoms with van der Waals surface area (Å²) in [5.74, 6) is 0.191. The maximum absolute atomic E-state index is 13.6. The molecule has 0 aliphatic heterocycles. The molecule has 3 aromatic heterocycles. The number of pyridine rings is 1. The van der Waals surface area contributed by atoms with E-state index in [0.29, 0.717) is 28.8 Å². The van der Waals surface area contributed by atoms with Gasteiger partial charge >= 0.3 is 0 Å². The number of tetrazole rings is 1. The van der Waals surface area contributed by atoms with Crippen molar-refractivity contribution in [3.05, 3.63) is 89.6 Å². The molecule has 0 aliphatic rings. The number of aromatic nitrogens is 7. The predicted molar refractivity (Wildman–Crippen MR) is 119 cm³/mol. The van der Waals surface area contributed by atoms with E-state index in [4.69, 9.17) is 11.6 Å². The molecule has 0 radical (unpaired) electrons. The summed E-state index contributed by atoms with van der Waals surface area (Å²) in [6, 6.07) is 17.7. The summed E-state index contributed by atoms with van der Waals surface area (Å²) in [6.07, 6.45) is 3.43. The second-order valence-corrected chi connectivity index (χ2v) is 7.61. The van der Waals surface area contributed by atoms with Crippen LogP contribution in [0.15, 0.2) is 73.2 Å². The van der Waals surface area contributed by atoms with Gasteiger partial charge in [-0.2, -0.15) is 4.80 Å². The van der Waals surface area contributed by atoms with E-state index in [2.05, 4.69) is 25.4 Å². The third-order valence-corrected chi connectivity index (χ3v) is 5.39. The van der Waals surface area contributed by atoms with E-state index in [9.17, 15) is 4.39 Å². The standard InChI is InChI=1S/C23H17ClFN7/c1-31-29-23(28-30-31)16-10-11-26-20(12-16)21-22(15-6-8-18(25)9-7-15)32(14-27-21)13-17-4-2-3-5-19(17)24/h2-12,14H,13H2,1H3. The first-order valence-electron chi connectivity index (χ1n) is 9.84. The molecule has 0 aliphatic carbocycles. The monoisotopic (exact) mass is 445 g/mol. The lowest BCUT2D eigenvalue weighted by Crippen LogP contribution is -2.02. The summed E-state index contributed by atoms with van der Waals surface area (Å²) in [6.45, 7) is 0.505. The molecule has 9 heteroatoms. The number of aryl methyl sites for hydroxylation is 1. The van der Waals surface area contributed by atoms with Crippen LogP contribution in [0.25, 0.3) is 34.0 Å². The fourth-order valence-electron chi connectivity index (χ4n) is 3.51. The van der Waals surface area contributed by atoms with E-state index < -0.39 is 0 Å². The van der Waals surface area contributed by atoms with Crippen molar-refractivity contribution in [2.24, 2.45) is 7.05 Å². The van der Waals surface area contributed by atoms with Gasteiger partial charge in [0, 0.05) is 22.3 Å². The summed E-state index contributed by atoms with van der Waals surface area (Å²) >= 11 is 6.39. The molecule has 0 N–H and O–H groups in total. The first-order chi connectivity index (χ1) is 15.6. The van der Waals surface area contributed by atoms with Gasteiger partial charge in [0.25, 0.3) is 0 Å². The summed E-state index contributed by atoms with van der Waals surface area (Å²) in [5.41, 5.74) is 4.65. The SMILES string of the molecule is Cn1nnc(-c2ccnc(-c3ncn(Cc4ccccc4Cl)c3-c3ccc(F)cc3)c2)n1. The van der Waals surface area contributed by atoms with Crippen molar-refractivity contribution >= 4 is 11.6 Å². The van der Waals surface area contributed by atoms with E-state index in [-0.39, 0.29) is 5.82 Å². The molecule has 0 unspecified atom stereocenters. The highest BCUT2D eigenvalue weighted by Gasteiger charge is 2.18. The molecule has 0 fully saturated rings. The predicted octanol–water partition coefficient (Wildman–Crippen LogP) is 4.64. The minimum absolute atomic E-state index is 0.304. The lowest BCUT2D eigenvalue weighted by atomic mass is 10.1. The number of hydrogen-bond donors (Lipinski definition) is 0. The molecule has 2 aromatic carbocycles. The number of benzene rings is 2. The van der Waals surface area contributed by atoms with Crippen molar-refractivity contribution in [3.8, 4) is 34.0 Å². The Labute approximate surface area is 188 Å². The van der Waals surface area contributed by atoms with E-state index in [1.807, 2.05) is 41.0 Å². The van der Waals surface area contributed by atoms with Crippen LogP contribution in [0.3, 0.4) is 0 Å². The van der Waals surface area contributed by atoms with Crippen molar-refractivity contribution in [1.82, 2.24) is 34.7 Å². The van der Waals surface area contributed by atoms with Crippen molar-refractivity contribution in [2.75, 3.05) is 0 Å². The van der Waals surface area contributed by atoms with Crippen LogP contribution in [-0.2, 0) is 13.6 Å². The average molecular weight is 446 g/mol. The molecular weight excluding hydrogens is 429 g/mol. The Morgan fingerprint density at radius 2 is 1.78 bits per heavy atom. The first kappa shape index (κ1) is 20.0. The maximum Gasteiger partial charge on any atom is 0.205 e. The molecule has 0 saturated heterocycles. The highest BCUT2D eigenvalue weighted by Crippen LogP contribution is 2.33. The van der Waals surface area contributed by atoms with Gasteiger partial charge in [-0.05, 0) is 53.2 Å². The van der Waals surface area contributed by atoms with Gasteiger partial charge in [0.05, 0.1) is 31.3 Å². The van der Waals surface area contributed by atoms with Crippen molar-refractivity contribution in [1.29, 1.82) is 0 Å². The van der Waals surface area contributed by atoms with Crippen LogP contribution in [0.2, 0.25) is 5.02 Å². The highest BCUT2D eigenvalue weighted by atomic mass is 35.5. The van der Waals surface area contributed by atoms with Crippen molar-refractivity contribution < 1.29 is 4.39 Å². The molecule has 0 amide bonds. The third-order valence-electron chi connectivity index (χ3n) is 5.02. The Bertz CT molecular complexity index is 1390. The Kier molecular flexibility index (Phi) is 5.20. The Balaban J connectivity index is 1.63. The van der Waals surface area contributed by atoms with Crippen LogP contribution in [0.5, 0.6) is 0 Å². The molecule has 3 heterocycles. The van der Waals surface area contributed by atoms with Crippen LogP contribution in [0.4, 0.5) is 4.39 Å². The molecular formula is C23H17ClFN7. The van der Waals surface area contributed by atoms with E-state index in [0.717, 1.165) is 22.4 Å². The average Bonchev–Trinajstić information content (AvgIpc) is 3.43. The van der Waals surface area contributed by atoms with Gasteiger partial charge in [-0.15, -0.1) is 10.2 Å². The summed E-state index contributed by atoms with van der Waals surface area (Å²) < 4.78 is 15.6. The van der Waals surface area contributed by atoms with Crippen LogP contribution in [0.1, 0.15) is 5.56 Å². The second-order valence-electron chi connectivity index (χ2n) is 7.20. The van der Waals surface area contributed by atoms with Gasteiger partial charge in [0.15, 0.2) is 0 Å². The van der Waals surface area contributed by atoms with Crippen LogP contribution in [-0.4, -0.2) is 34.7 Å². The van der Waals surface area contributed by atoms with E-state index >= 15 is 0 Å². The lowest BCUT2D eigenvalue weighted by Gasteiger charge is -2.12. The van der Waals surface area contributed by atoms with E-state index in [1.54, 1.807) is 31.7 Å². The molecule has 5 aromatic rings. The summed E-state index contributed by atoms with van der Waals surface area (Å²) in [5, 5.41) is 12.9. The summed E-state index contributed by atoms with van der Waals surface area (Å²) in [4.78, 5) is 10.6. The van der Waals surface area contributed by atoms with Crippen LogP contribution < -0.4 is 0 Å². The summed E-state index contributed by atoms with van der Waals surface area (Å²) in [7, 11) is 1.71. The van der Waals surface area contributed by atoms with Crippen molar-refractivity contribution in [2.45, 2.75) is 6.54 Å². The zero-order chi connectivity index (χ0) is 22.1. The molecule has 0 atom stereocenters. The van der Waals surface area contributed by atoms with Gasteiger partial charge in [-0.25, -0.2) is 9.37 Å². The fraction of sp³-hybridized carbons (Fsp3) is 0.0870. The number of rotatable bonds is 5. The van der Waals surface area contributed by atoms with Gasteiger partial charge in [-0.1, -0.05) is 29.8 Å². The van der Waals surface area contributed by atoms with Gasteiger partial charge in [0.2, 0.25) is 5.82 Å². The molecule has 5 rings (SSSR count). The number of nitrogens with zero attached hydrogens (tertiary/aromatic N) is 7. The minimum atomic E-state index is -0.304. The zero-order valence-corrected chi connectivity index (χ0v) is 17.8. The quantitative estimate of drug-likeness (QED) is 0.394. The maximum atomic E-state index is 13.6. The Morgan fingerprint density at radius 1 is 0.969 bits per heavy atom. The van der Waals surface area contributed by atoms with Crippen LogP contribution in [0, 0.1) is 5.82 Å². The lowest BCUT2D eigenvalue weighted by molar-refractivity contribution is 0.628. The largest absolute Gasteiger partial charge is 0.325 e. The molecule has 7 nitrogen and oxygen atoms in total.